The van der Waals surface area contributed by atoms with Crippen LogP contribution in [0.5, 0.6) is 0 Å². The smallest absolute Gasteiger partial charge is 0.0410 e. The van der Waals surface area contributed by atoms with E-state index in [0.29, 0.717) is 0 Å². The van der Waals surface area contributed by atoms with Crippen LogP contribution in [0.25, 0.3) is 0 Å². The fraction of sp³-hybridized carbons (Fsp3) is 0.889. The van der Waals surface area contributed by atoms with Crippen LogP contribution in [-0.2, 0) is 0 Å². The summed E-state index contributed by atoms with van der Waals surface area (Å²) < 4.78 is 0. The van der Waals surface area contributed by atoms with Gasteiger partial charge in [-0.1, -0.05) is 6.92 Å². The Bertz CT molecular complexity index is 168. The molecule has 2 nitrogen and oxygen atoms in total. The third-order valence-electron chi connectivity index (χ3n) is 2.79. The van der Waals surface area contributed by atoms with Gasteiger partial charge < -0.3 is 5.43 Å². The lowest BCUT2D eigenvalue weighted by Crippen LogP contribution is -2.33. The second kappa shape index (κ2) is 2.84. The quantitative estimate of drug-likeness (QED) is 0.608. The largest absolute Gasteiger partial charge is 0.310 e. The van der Waals surface area contributed by atoms with E-state index in [-0.39, 0.29) is 0 Å². The van der Waals surface area contributed by atoms with Crippen LogP contribution < -0.4 is 5.43 Å². The highest BCUT2D eigenvalue weighted by atomic mass is 15.3. The molecule has 1 aliphatic heterocycles. The molecule has 0 radical (unpaired) electrons. The number of hydrogen-bond donors (Lipinski definition) is 1. The maximum absolute atomic E-state index is 4.35. The molecule has 0 spiro atoms. The Morgan fingerprint density at radius 2 is 2.27 bits per heavy atom. The van der Waals surface area contributed by atoms with Gasteiger partial charge in [0, 0.05) is 12.3 Å². The van der Waals surface area contributed by atoms with Crippen LogP contribution in [0, 0.1) is 11.8 Å². The van der Waals surface area contributed by atoms with Gasteiger partial charge in [-0.2, -0.15) is 5.10 Å². The highest BCUT2D eigenvalue weighted by Crippen LogP contribution is 2.35. The van der Waals surface area contributed by atoms with Crippen LogP contribution in [0.15, 0.2) is 5.10 Å². The van der Waals surface area contributed by atoms with Crippen LogP contribution in [-0.4, -0.2) is 12.3 Å². The molecular weight excluding hydrogens is 136 g/mol. The van der Waals surface area contributed by atoms with E-state index in [1.807, 2.05) is 0 Å². The molecule has 2 rings (SSSR count). The van der Waals surface area contributed by atoms with Gasteiger partial charge in [-0.05, 0) is 37.5 Å². The topological polar surface area (TPSA) is 24.4 Å². The van der Waals surface area contributed by atoms with Crippen molar-refractivity contribution in [1.29, 1.82) is 0 Å². The minimum atomic E-state index is 0.831. The number of nitrogens with zero attached hydrogens (tertiary/aromatic N) is 1. The van der Waals surface area contributed by atoms with Crippen LogP contribution >= 0.6 is 0 Å². The molecule has 0 saturated heterocycles. The second-order valence-corrected chi connectivity index (χ2v) is 3.89. The van der Waals surface area contributed by atoms with E-state index in [4.69, 9.17) is 0 Å². The van der Waals surface area contributed by atoms with Gasteiger partial charge in [0.15, 0.2) is 0 Å². The van der Waals surface area contributed by atoms with E-state index < -0.39 is 0 Å². The summed E-state index contributed by atoms with van der Waals surface area (Å²) in [7, 11) is 0. The molecule has 11 heavy (non-hydrogen) atoms. The summed E-state index contributed by atoms with van der Waals surface area (Å²) in [6.07, 6.45) is 5.27. The molecule has 1 fully saturated rings. The van der Waals surface area contributed by atoms with Gasteiger partial charge in [-0.25, -0.2) is 0 Å². The Kier molecular flexibility index (Phi) is 1.84. The first-order valence-corrected chi connectivity index (χ1v) is 4.65. The Labute approximate surface area is 68.1 Å². The normalized spacial score (nSPS) is 37.0. The van der Waals surface area contributed by atoms with Gasteiger partial charge in [0.1, 0.15) is 0 Å². The lowest BCUT2D eigenvalue weighted by Gasteiger charge is -2.34. The van der Waals surface area contributed by atoms with E-state index in [0.717, 1.165) is 18.4 Å². The maximum atomic E-state index is 4.35. The number of hydrogen-bond acceptors (Lipinski definition) is 2. The molecule has 1 aliphatic carbocycles. The van der Waals surface area contributed by atoms with Crippen molar-refractivity contribution >= 4 is 5.71 Å². The molecule has 0 atom stereocenters. The Morgan fingerprint density at radius 1 is 1.45 bits per heavy atom. The minimum absolute atomic E-state index is 0.831. The fourth-order valence-corrected chi connectivity index (χ4v) is 2.03. The first kappa shape index (κ1) is 7.14. The van der Waals surface area contributed by atoms with Crippen LogP contribution in [0.2, 0.25) is 0 Å². The van der Waals surface area contributed by atoms with Crippen molar-refractivity contribution in [2.45, 2.75) is 32.6 Å². The van der Waals surface area contributed by atoms with Gasteiger partial charge in [0.2, 0.25) is 0 Å². The molecule has 0 aromatic rings. The van der Waals surface area contributed by atoms with Crippen molar-refractivity contribution in [3.8, 4) is 0 Å². The molecule has 0 aromatic carbocycles. The molecule has 62 valence electrons. The number of rotatable bonds is 1. The van der Waals surface area contributed by atoms with Crippen LogP contribution in [0.3, 0.4) is 0 Å². The lowest BCUT2D eigenvalue weighted by atomic mass is 9.72. The molecular formula is C9H16N2. The summed E-state index contributed by atoms with van der Waals surface area (Å²) in [5, 5.41) is 4.35. The molecule has 0 aromatic heterocycles. The van der Waals surface area contributed by atoms with Crippen molar-refractivity contribution in [2.24, 2.45) is 16.9 Å². The van der Waals surface area contributed by atoms with Crippen molar-refractivity contribution in [3.05, 3.63) is 0 Å². The van der Waals surface area contributed by atoms with Crippen molar-refractivity contribution in [2.75, 3.05) is 6.54 Å². The number of nitrogens with one attached hydrogen (secondary N) is 1. The summed E-state index contributed by atoms with van der Waals surface area (Å²) in [5.74, 6) is 1.78. The Hall–Kier alpha value is -0.530. The third-order valence-corrected chi connectivity index (χ3v) is 2.79. The predicted octanol–water partition coefficient (Wildman–Crippen LogP) is 1.77. The van der Waals surface area contributed by atoms with E-state index in [9.17, 15) is 0 Å². The van der Waals surface area contributed by atoms with E-state index >= 15 is 0 Å². The van der Waals surface area contributed by atoms with E-state index in [2.05, 4.69) is 17.5 Å². The first-order valence-electron chi connectivity index (χ1n) is 4.65. The Balaban J connectivity index is 1.89. The highest BCUT2D eigenvalue weighted by Gasteiger charge is 2.29. The summed E-state index contributed by atoms with van der Waals surface area (Å²) in [6.45, 7) is 3.40. The van der Waals surface area contributed by atoms with Gasteiger partial charge >= 0.3 is 0 Å². The highest BCUT2D eigenvalue weighted by molar-refractivity contribution is 5.87. The standard InChI is InChI=1S/C9H16N2/c1-7-5-8(6-7)9-3-2-4-10-11-9/h7-8,10H,2-6H2,1H3. The summed E-state index contributed by atoms with van der Waals surface area (Å²) in [4.78, 5) is 0. The van der Waals surface area contributed by atoms with E-state index in [1.54, 1.807) is 0 Å². The molecule has 2 aliphatic rings. The average Bonchev–Trinajstić information content (AvgIpc) is 2.01. The molecule has 0 amide bonds. The zero-order chi connectivity index (χ0) is 7.68. The second-order valence-electron chi connectivity index (χ2n) is 3.89. The average molecular weight is 152 g/mol. The monoisotopic (exact) mass is 152 g/mol. The zero-order valence-electron chi connectivity index (χ0n) is 7.14. The van der Waals surface area contributed by atoms with E-state index in [1.165, 1.54) is 31.4 Å². The fourth-order valence-electron chi connectivity index (χ4n) is 2.03. The van der Waals surface area contributed by atoms with Gasteiger partial charge in [0.05, 0.1) is 0 Å². The zero-order valence-corrected chi connectivity index (χ0v) is 7.14. The summed E-state index contributed by atoms with van der Waals surface area (Å²) in [6, 6.07) is 0. The first-order chi connectivity index (χ1) is 5.36. The molecule has 1 N–H and O–H groups in total. The SMILES string of the molecule is CC1CC(C2=NNCCC2)C1. The summed E-state index contributed by atoms with van der Waals surface area (Å²) in [5.41, 5.74) is 4.53. The Morgan fingerprint density at radius 3 is 2.82 bits per heavy atom. The predicted molar refractivity (Wildman–Crippen MR) is 46.6 cm³/mol. The number of hydrazone groups is 1. The van der Waals surface area contributed by atoms with Gasteiger partial charge in [-0.3, -0.25) is 0 Å². The van der Waals surface area contributed by atoms with Crippen LogP contribution in [0.4, 0.5) is 0 Å². The van der Waals surface area contributed by atoms with Crippen molar-refractivity contribution in [1.82, 2.24) is 5.43 Å². The minimum Gasteiger partial charge on any atom is -0.310 e. The molecule has 2 heteroatoms. The third kappa shape index (κ3) is 1.39. The molecule has 0 unspecified atom stereocenters. The maximum Gasteiger partial charge on any atom is 0.0410 e. The molecule has 1 saturated carbocycles. The van der Waals surface area contributed by atoms with Crippen molar-refractivity contribution < 1.29 is 0 Å². The van der Waals surface area contributed by atoms with Gasteiger partial charge in [-0.15, -0.1) is 0 Å². The van der Waals surface area contributed by atoms with Gasteiger partial charge in [0.25, 0.3) is 0 Å². The molecule has 0 bridgehead atoms. The molecule has 1 heterocycles. The van der Waals surface area contributed by atoms with Crippen LogP contribution in [0.1, 0.15) is 32.6 Å². The van der Waals surface area contributed by atoms with Crippen molar-refractivity contribution in [3.63, 3.8) is 0 Å². The lowest BCUT2D eigenvalue weighted by molar-refractivity contribution is 0.275. The summed E-state index contributed by atoms with van der Waals surface area (Å²) >= 11 is 0.